The second-order valence-electron chi connectivity index (χ2n) is 8.08. The molecule has 1 aliphatic rings. The minimum Gasteiger partial charge on any atom is -0.423 e. The molecule has 0 saturated carbocycles. The van der Waals surface area contributed by atoms with E-state index in [4.69, 9.17) is 9.15 Å². The highest BCUT2D eigenvalue weighted by molar-refractivity contribution is 5.91. The molecule has 4 rings (SSSR count). The predicted octanol–water partition coefficient (Wildman–Crippen LogP) is 4.51. The number of para-hydroxylation sites is 1. The molecule has 1 fully saturated rings. The monoisotopic (exact) mass is 434 g/mol. The standard InChI is InChI=1S/C25H26N2O5/c1-17-14-24(29)32-23-15-21(11-12-22(17)23)31-25(30)26-13-7-6-10-20(26)16-27(18(2)28)19-8-4-3-5-9-19/h3-5,8-9,11-12,14-15,20H,6-7,10,13,16H2,1-2H3. The summed E-state index contributed by atoms with van der Waals surface area (Å²) in [5, 5.41) is 0.792. The molecule has 0 N–H and O–H groups in total. The number of benzene rings is 2. The van der Waals surface area contributed by atoms with E-state index in [9.17, 15) is 14.4 Å². The lowest BCUT2D eigenvalue weighted by atomic mass is 10.0. The van der Waals surface area contributed by atoms with E-state index in [1.165, 1.54) is 13.0 Å². The number of carbonyl (C=O) groups is 2. The lowest BCUT2D eigenvalue weighted by molar-refractivity contribution is -0.116. The summed E-state index contributed by atoms with van der Waals surface area (Å²) >= 11 is 0. The number of nitrogens with zero attached hydrogens (tertiary/aromatic N) is 2. The number of rotatable bonds is 4. The van der Waals surface area contributed by atoms with E-state index in [2.05, 4.69) is 0 Å². The van der Waals surface area contributed by atoms with Crippen LogP contribution in [0.3, 0.4) is 0 Å². The van der Waals surface area contributed by atoms with Gasteiger partial charge in [-0.1, -0.05) is 18.2 Å². The zero-order valence-electron chi connectivity index (χ0n) is 18.2. The molecule has 1 atom stereocenters. The maximum Gasteiger partial charge on any atom is 0.415 e. The van der Waals surface area contributed by atoms with Gasteiger partial charge in [0.1, 0.15) is 11.3 Å². The second-order valence-corrected chi connectivity index (χ2v) is 8.08. The lowest BCUT2D eigenvalue weighted by Gasteiger charge is -2.37. The van der Waals surface area contributed by atoms with Crippen LogP contribution in [0.25, 0.3) is 11.0 Å². The van der Waals surface area contributed by atoms with Crippen LogP contribution in [0.15, 0.2) is 63.8 Å². The fourth-order valence-corrected chi connectivity index (χ4v) is 4.19. The molecule has 32 heavy (non-hydrogen) atoms. The number of aryl methyl sites for hydroxylation is 1. The van der Waals surface area contributed by atoms with Crippen LogP contribution in [0.2, 0.25) is 0 Å². The third kappa shape index (κ3) is 4.66. The molecule has 2 heterocycles. The van der Waals surface area contributed by atoms with Crippen molar-refractivity contribution in [1.29, 1.82) is 0 Å². The van der Waals surface area contributed by atoms with E-state index in [0.29, 0.717) is 24.4 Å². The number of amides is 2. The maximum absolute atomic E-state index is 13.0. The quantitative estimate of drug-likeness (QED) is 0.565. The van der Waals surface area contributed by atoms with Crippen molar-refractivity contribution in [3.63, 3.8) is 0 Å². The topological polar surface area (TPSA) is 80.1 Å². The Morgan fingerprint density at radius 3 is 2.66 bits per heavy atom. The first-order valence-electron chi connectivity index (χ1n) is 10.8. The zero-order valence-corrected chi connectivity index (χ0v) is 18.2. The first-order chi connectivity index (χ1) is 15.4. The molecule has 7 heteroatoms. The van der Waals surface area contributed by atoms with Gasteiger partial charge in [0.15, 0.2) is 0 Å². The number of likely N-dealkylation sites (tertiary alicyclic amines) is 1. The highest BCUT2D eigenvalue weighted by Crippen LogP contribution is 2.25. The molecule has 166 valence electrons. The number of piperidine rings is 1. The summed E-state index contributed by atoms with van der Waals surface area (Å²) in [4.78, 5) is 40.4. The Bertz CT molecular complexity index is 1190. The third-order valence-corrected chi connectivity index (χ3v) is 5.83. The van der Waals surface area contributed by atoms with Gasteiger partial charge < -0.3 is 19.0 Å². The van der Waals surface area contributed by atoms with Crippen molar-refractivity contribution in [2.45, 2.75) is 39.2 Å². The van der Waals surface area contributed by atoms with Crippen LogP contribution in [-0.4, -0.2) is 36.0 Å². The summed E-state index contributed by atoms with van der Waals surface area (Å²) in [6.07, 6.45) is 2.18. The van der Waals surface area contributed by atoms with Crippen LogP contribution in [0.1, 0.15) is 31.7 Å². The molecule has 1 unspecified atom stereocenters. The molecule has 1 aliphatic heterocycles. The van der Waals surface area contributed by atoms with Crippen LogP contribution in [-0.2, 0) is 4.79 Å². The Morgan fingerprint density at radius 1 is 1.12 bits per heavy atom. The Kier molecular flexibility index (Phi) is 6.25. The SMILES string of the molecule is CC(=O)N(CC1CCCCN1C(=O)Oc1ccc2c(C)cc(=O)oc2c1)c1ccccc1. The summed E-state index contributed by atoms with van der Waals surface area (Å²) in [5.74, 6) is 0.238. The first kappa shape index (κ1) is 21.6. The van der Waals surface area contributed by atoms with Crippen LogP contribution in [0.4, 0.5) is 10.5 Å². The predicted molar refractivity (Wildman–Crippen MR) is 122 cm³/mol. The number of hydrogen-bond acceptors (Lipinski definition) is 5. The highest BCUT2D eigenvalue weighted by atomic mass is 16.6. The average molecular weight is 434 g/mol. The van der Waals surface area contributed by atoms with E-state index in [-0.39, 0.29) is 11.9 Å². The third-order valence-electron chi connectivity index (χ3n) is 5.83. The minimum absolute atomic E-state index is 0.0741. The minimum atomic E-state index is -0.472. The van der Waals surface area contributed by atoms with Gasteiger partial charge in [0.05, 0.1) is 6.04 Å². The number of fused-ring (bicyclic) bond motifs is 1. The van der Waals surface area contributed by atoms with Crippen molar-refractivity contribution >= 4 is 28.7 Å². The van der Waals surface area contributed by atoms with Crippen LogP contribution < -0.4 is 15.3 Å². The highest BCUT2D eigenvalue weighted by Gasteiger charge is 2.31. The molecule has 2 aromatic carbocycles. The van der Waals surface area contributed by atoms with Gasteiger partial charge in [0.2, 0.25) is 5.91 Å². The summed E-state index contributed by atoms with van der Waals surface area (Å²) in [6, 6.07) is 15.8. The van der Waals surface area contributed by atoms with Crippen LogP contribution in [0.5, 0.6) is 5.75 Å². The van der Waals surface area contributed by atoms with Crippen LogP contribution in [0, 0.1) is 6.92 Å². The molecule has 0 radical (unpaired) electrons. The van der Waals surface area contributed by atoms with Crippen molar-refractivity contribution < 1.29 is 18.7 Å². The largest absolute Gasteiger partial charge is 0.423 e. The van der Waals surface area contributed by atoms with Crippen molar-refractivity contribution in [2.24, 2.45) is 0 Å². The molecular weight excluding hydrogens is 408 g/mol. The van der Waals surface area contributed by atoms with Gasteiger partial charge in [-0.05, 0) is 56.0 Å². The zero-order chi connectivity index (χ0) is 22.7. The summed E-state index contributed by atoms with van der Waals surface area (Å²) in [5.41, 5.74) is 1.54. The van der Waals surface area contributed by atoms with Crippen molar-refractivity contribution in [2.75, 3.05) is 18.0 Å². The van der Waals surface area contributed by atoms with Gasteiger partial charge in [0.25, 0.3) is 0 Å². The molecule has 1 aromatic heterocycles. The Labute approximate surface area is 186 Å². The lowest BCUT2D eigenvalue weighted by Crippen LogP contribution is -2.51. The van der Waals surface area contributed by atoms with Gasteiger partial charge in [-0.15, -0.1) is 0 Å². The molecule has 0 aliphatic carbocycles. The van der Waals surface area contributed by atoms with E-state index in [1.54, 1.807) is 28.0 Å². The number of anilines is 1. The van der Waals surface area contributed by atoms with E-state index in [1.807, 2.05) is 37.3 Å². The van der Waals surface area contributed by atoms with Crippen LogP contribution >= 0.6 is 0 Å². The average Bonchev–Trinajstić information content (AvgIpc) is 2.77. The van der Waals surface area contributed by atoms with E-state index in [0.717, 1.165) is 35.9 Å². The normalized spacial score (nSPS) is 16.1. The van der Waals surface area contributed by atoms with Gasteiger partial charge in [0, 0.05) is 43.2 Å². The van der Waals surface area contributed by atoms with Crippen molar-refractivity contribution in [3.8, 4) is 5.75 Å². The number of hydrogen-bond donors (Lipinski definition) is 0. The second kappa shape index (κ2) is 9.26. The smallest absolute Gasteiger partial charge is 0.415 e. The Balaban J connectivity index is 1.53. The Morgan fingerprint density at radius 2 is 1.91 bits per heavy atom. The summed E-state index contributed by atoms with van der Waals surface area (Å²) in [7, 11) is 0. The van der Waals surface area contributed by atoms with Gasteiger partial charge in [-0.25, -0.2) is 9.59 Å². The van der Waals surface area contributed by atoms with Gasteiger partial charge in [-0.3, -0.25) is 4.79 Å². The Hall–Kier alpha value is -3.61. The number of ether oxygens (including phenoxy) is 1. The molecule has 7 nitrogen and oxygen atoms in total. The van der Waals surface area contributed by atoms with Crippen molar-refractivity contribution in [1.82, 2.24) is 4.90 Å². The molecule has 3 aromatic rings. The number of carbonyl (C=O) groups excluding carboxylic acids is 2. The summed E-state index contributed by atoms with van der Waals surface area (Å²) in [6.45, 7) is 4.33. The summed E-state index contributed by atoms with van der Waals surface area (Å²) < 4.78 is 10.9. The molecule has 0 bridgehead atoms. The van der Waals surface area contributed by atoms with E-state index >= 15 is 0 Å². The molecular formula is C25H26N2O5. The fraction of sp³-hybridized carbons (Fsp3) is 0.320. The van der Waals surface area contributed by atoms with E-state index < -0.39 is 11.7 Å². The fourth-order valence-electron chi connectivity index (χ4n) is 4.19. The van der Waals surface area contributed by atoms with Crippen molar-refractivity contribution in [3.05, 3.63) is 70.6 Å². The first-order valence-corrected chi connectivity index (χ1v) is 10.8. The maximum atomic E-state index is 13.0. The van der Waals surface area contributed by atoms with Gasteiger partial charge >= 0.3 is 11.7 Å². The molecule has 0 spiro atoms. The van der Waals surface area contributed by atoms with Gasteiger partial charge in [-0.2, -0.15) is 0 Å². The molecule has 1 saturated heterocycles. The molecule has 2 amide bonds.